The summed E-state index contributed by atoms with van der Waals surface area (Å²) in [6, 6.07) is 7.96. The first-order valence-corrected chi connectivity index (χ1v) is 13.2. The molecule has 0 saturated heterocycles. The van der Waals surface area contributed by atoms with E-state index >= 15 is 0 Å². The average molecular weight is 497 g/mol. The molecule has 7 nitrogen and oxygen atoms in total. The molecular formula is C29H40N2O5. The number of fused-ring (bicyclic) bond motifs is 1. The number of hydrogen-bond donors (Lipinski definition) is 1. The molecule has 0 aliphatic carbocycles. The number of unbranched alkanes of at least 4 members (excludes halogenated alkanes) is 3. The number of nitrogens with one attached hydrogen (secondary N) is 1. The first-order valence-electron chi connectivity index (χ1n) is 13.2. The van der Waals surface area contributed by atoms with E-state index in [4.69, 9.17) is 23.9 Å². The molecule has 1 N–H and O–H groups in total. The highest BCUT2D eigenvalue weighted by Gasteiger charge is 2.29. The van der Waals surface area contributed by atoms with Gasteiger partial charge in [0.05, 0.1) is 38.3 Å². The van der Waals surface area contributed by atoms with Gasteiger partial charge in [-0.15, -0.1) is 0 Å². The van der Waals surface area contributed by atoms with Crippen LogP contribution in [0.25, 0.3) is 22.3 Å². The van der Waals surface area contributed by atoms with Crippen molar-refractivity contribution in [2.45, 2.75) is 72.6 Å². The van der Waals surface area contributed by atoms with Crippen LogP contribution in [0.1, 0.15) is 82.1 Å². The molecule has 0 atom stereocenters. The minimum atomic E-state index is -0.448. The van der Waals surface area contributed by atoms with Crippen LogP contribution < -0.4 is 14.2 Å². The van der Waals surface area contributed by atoms with Crippen LogP contribution in [-0.4, -0.2) is 42.9 Å². The molecule has 0 bridgehead atoms. The van der Waals surface area contributed by atoms with Crippen LogP contribution in [0.2, 0.25) is 0 Å². The SMILES string of the molecule is CCCCOC(=O)c1c(OCCCC)nc(-c2cc3ccc(OC)cc3[nH]2)c(CC)c1OCCCC. The van der Waals surface area contributed by atoms with Crippen LogP contribution in [0.5, 0.6) is 17.4 Å². The van der Waals surface area contributed by atoms with Crippen LogP contribution in [0, 0.1) is 0 Å². The van der Waals surface area contributed by atoms with Gasteiger partial charge in [-0.3, -0.25) is 0 Å². The van der Waals surface area contributed by atoms with Crippen LogP contribution in [0.3, 0.4) is 0 Å². The number of carbonyl (C=O) groups is 1. The molecule has 0 aliphatic rings. The fourth-order valence-electron chi connectivity index (χ4n) is 3.95. The molecule has 0 spiro atoms. The summed E-state index contributed by atoms with van der Waals surface area (Å²) in [7, 11) is 1.65. The van der Waals surface area contributed by atoms with Gasteiger partial charge in [0, 0.05) is 22.5 Å². The average Bonchev–Trinajstić information content (AvgIpc) is 3.32. The smallest absolute Gasteiger partial charge is 0.347 e. The summed E-state index contributed by atoms with van der Waals surface area (Å²) in [4.78, 5) is 21.7. The largest absolute Gasteiger partial charge is 0.497 e. The number of ether oxygens (including phenoxy) is 4. The summed E-state index contributed by atoms with van der Waals surface area (Å²) < 4.78 is 23.4. The van der Waals surface area contributed by atoms with Gasteiger partial charge in [0.15, 0.2) is 5.56 Å². The summed E-state index contributed by atoms with van der Waals surface area (Å²) >= 11 is 0. The molecule has 7 heteroatoms. The Morgan fingerprint density at radius 2 is 1.61 bits per heavy atom. The maximum Gasteiger partial charge on any atom is 0.347 e. The van der Waals surface area contributed by atoms with Crippen LogP contribution in [-0.2, 0) is 11.2 Å². The molecule has 2 heterocycles. The van der Waals surface area contributed by atoms with Gasteiger partial charge in [0.25, 0.3) is 0 Å². The Balaban J connectivity index is 2.18. The lowest BCUT2D eigenvalue weighted by Crippen LogP contribution is -2.16. The number of aromatic amines is 1. The minimum Gasteiger partial charge on any atom is -0.497 e. The van der Waals surface area contributed by atoms with Crippen molar-refractivity contribution in [3.8, 4) is 28.8 Å². The van der Waals surface area contributed by atoms with Gasteiger partial charge in [-0.25, -0.2) is 9.78 Å². The van der Waals surface area contributed by atoms with E-state index in [2.05, 4.69) is 31.8 Å². The quantitative estimate of drug-likeness (QED) is 0.178. The predicted molar refractivity (Wildman–Crippen MR) is 143 cm³/mol. The lowest BCUT2D eigenvalue weighted by Gasteiger charge is -2.20. The van der Waals surface area contributed by atoms with Crippen molar-refractivity contribution in [3.63, 3.8) is 0 Å². The number of methoxy groups -OCH3 is 1. The molecule has 0 fully saturated rings. The molecular weight excluding hydrogens is 456 g/mol. The van der Waals surface area contributed by atoms with E-state index in [9.17, 15) is 4.79 Å². The van der Waals surface area contributed by atoms with Crippen molar-refractivity contribution in [1.29, 1.82) is 0 Å². The van der Waals surface area contributed by atoms with Crippen LogP contribution >= 0.6 is 0 Å². The standard InChI is InChI=1S/C29H40N2O5/c1-6-10-15-34-27-22(9-4)26(24-18-20-13-14-21(33-5)19-23(20)30-24)31-28(35-16-11-7-2)25(27)29(32)36-17-12-8-3/h13-14,18-19,30H,6-12,15-17H2,1-5H3. The molecule has 196 valence electrons. The highest BCUT2D eigenvalue weighted by atomic mass is 16.5. The number of hydrogen-bond acceptors (Lipinski definition) is 6. The van der Waals surface area contributed by atoms with Gasteiger partial charge < -0.3 is 23.9 Å². The molecule has 3 rings (SSSR count). The van der Waals surface area contributed by atoms with Crippen molar-refractivity contribution in [2.75, 3.05) is 26.9 Å². The van der Waals surface area contributed by atoms with Gasteiger partial charge >= 0.3 is 5.97 Å². The molecule has 0 unspecified atom stereocenters. The third kappa shape index (κ3) is 6.50. The Morgan fingerprint density at radius 3 is 2.28 bits per heavy atom. The minimum absolute atomic E-state index is 0.264. The van der Waals surface area contributed by atoms with E-state index in [0.29, 0.717) is 32.0 Å². The van der Waals surface area contributed by atoms with Crippen molar-refractivity contribution >= 4 is 16.9 Å². The van der Waals surface area contributed by atoms with Crippen molar-refractivity contribution in [1.82, 2.24) is 9.97 Å². The van der Waals surface area contributed by atoms with Crippen molar-refractivity contribution in [2.24, 2.45) is 0 Å². The molecule has 1 aromatic carbocycles. The molecule has 0 radical (unpaired) electrons. The van der Waals surface area contributed by atoms with Gasteiger partial charge in [-0.1, -0.05) is 47.0 Å². The predicted octanol–water partition coefficient (Wildman–Crippen LogP) is 7.12. The van der Waals surface area contributed by atoms with Gasteiger partial charge in [0.1, 0.15) is 11.5 Å². The lowest BCUT2D eigenvalue weighted by molar-refractivity contribution is 0.0488. The fraction of sp³-hybridized carbons (Fsp3) is 0.517. The van der Waals surface area contributed by atoms with Gasteiger partial charge in [-0.05, 0) is 43.9 Å². The number of esters is 1. The van der Waals surface area contributed by atoms with Gasteiger partial charge in [0.2, 0.25) is 5.88 Å². The molecule has 0 aliphatic heterocycles. The third-order valence-corrected chi connectivity index (χ3v) is 6.07. The van der Waals surface area contributed by atoms with E-state index < -0.39 is 5.97 Å². The van der Waals surface area contributed by atoms with E-state index in [1.54, 1.807) is 7.11 Å². The lowest BCUT2D eigenvalue weighted by atomic mass is 10.0. The third-order valence-electron chi connectivity index (χ3n) is 6.07. The van der Waals surface area contributed by atoms with E-state index in [0.717, 1.165) is 72.1 Å². The summed E-state index contributed by atoms with van der Waals surface area (Å²) in [5, 5.41) is 1.04. The first-order chi connectivity index (χ1) is 17.6. The second-order valence-electron chi connectivity index (χ2n) is 8.83. The summed E-state index contributed by atoms with van der Waals surface area (Å²) in [5.74, 6) is 1.11. The molecule has 0 saturated carbocycles. The summed E-state index contributed by atoms with van der Waals surface area (Å²) in [5.41, 5.74) is 3.64. The van der Waals surface area contributed by atoms with Crippen LogP contribution in [0.15, 0.2) is 24.3 Å². The molecule has 0 amide bonds. The van der Waals surface area contributed by atoms with E-state index in [-0.39, 0.29) is 11.4 Å². The number of aromatic nitrogens is 2. The summed E-state index contributed by atoms with van der Waals surface area (Å²) in [6.45, 7) is 9.63. The number of H-pyrrole nitrogens is 1. The topological polar surface area (TPSA) is 82.7 Å². The maximum absolute atomic E-state index is 13.3. The monoisotopic (exact) mass is 496 g/mol. The highest BCUT2D eigenvalue weighted by molar-refractivity contribution is 5.97. The normalized spacial score (nSPS) is 11.0. The zero-order chi connectivity index (χ0) is 25.9. The maximum atomic E-state index is 13.3. The van der Waals surface area contributed by atoms with Gasteiger partial charge in [-0.2, -0.15) is 0 Å². The second kappa shape index (κ2) is 13.8. The zero-order valence-electron chi connectivity index (χ0n) is 22.4. The second-order valence-corrected chi connectivity index (χ2v) is 8.83. The Kier molecular flexibility index (Phi) is 10.5. The number of pyridine rings is 1. The fourth-order valence-corrected chi connectivity index (χ4v) is 3.95. The number of nitrogens with zero attached hydrogens (tertiary/aromatic N) is 1. The first kappa shape index (κ1) is 27.4. The Hall–Kier alpha value is -3.22. The van der Waals surface area contributed by atoms with Crippen molar-refractivity contribution < 1.29 is 23.7 Å². The number of rotatable bonds is 15. The Bertz CT molecular complexity index is 1140. The number of carbonyl (C=O) groups excluding carboxylic acids is 1. The zero-order valence-corrected chi connectivity index (χ0v) is 22.4. The van der Waals surface area contributed by atoms with Crippen molar-refractivity contribution in [3.05, 3.63) is 35.4 Å². The highest BCUT2D eigenvalue weighted by Crippen LogP contribution is 2.39. The van der Waals surface area contributed by atoms with E-state index in [1.165, 1.54) is 0 Å². The Labute approximate surface area is 214 Å². The van der Waals surface area contributed by atoms with E-state index in [1.807, 2.05) is 25.1 Å². The molecule has 36 heavy (non-hydrogen) atoms. The van der Waals surface area contributed by atoms with Crippen LogP contribution in [0.4, 0.5) is 0 Å². The molecule has 2 aromatic heterocycles. The molecule has 3 aromatic rings. The number of benzene rings is 1. The Morgan fingerprint density at radius 1 is 0.917 bits per heavy atom. The summed E-state index contributed by atoms with van der Waals surface area (Å²) in [6.07, 6.45) is 6.06.